The van der Waals surface area contributed by atoms with Crippen molar-refractivity contribution >= 4 is 32.9 Å². The van der Waals surface area contributed by atoms with Crippen molar-refractivity contribution in [3.05, 3.63) is 22.7 Å². The summed E-state index contributed by atoms with van der Waals surface area (Å²) in [5.74, 6) is 0.199. The van der Waals surface area contributed by atoms with Gasteiger partial charge in [-0.25, -0.2) is 4.98 Å². The predicted molar refractivity (Wildman–Crippen MR) is 49.4 cm³/mol. The van der Waals surface area contributed by atoms with Crippen molar-refractivity contribution in [2.45, 2.75) is 0 Å². The fraction of sp³-hybridized carbons (Fsp3) is 0. The SMILES string of the molecule is Nc1nnc2cc(Br)ccc2n1. The molecule has 12 heavy (non-hydrogen) atoms. The summed E-state index contributed by atoms with van der Waals surface area (Å²) >= 11 is 3.32. The molecule has 2 rings (SSSR count). The normalized spacial score (nSPS) is 10.4. The van der Waals surface area contributed by atoms with Crippen LogP contribution in [0.1, 0.15) is 0 Å². The molecule has 2 aromatic rings. The Hall–Kier alpha value is -1.23. The molecule has 2 N–H and O–H groups in total. The Morgan fingerprint density at radius 1 is 1.17 bits per heavy atom. The molecule has 0 spiro atoms. The quantitative estimate of drug-likeness (QED) is 0.735. The molecule has 0 bridgehead atoms. The fourth-order valence-electron chi connectivity index (χ4n) is 0.922. The summed E-state index contributed by atoms with van der Waals surface area (Å²) in [6, 6.07) is 5.57. The molecule has 0 fully saturated rings. The van der Waals surface area contributed by atoms with Crippen LogP contribution in [0.4, 0.5) is 5.95 Å². The molecule has 0 aliphatic carbocycles. The van der Waals surface area contributed by atoms with Gasteiger partial charge in [0.1, 0.15) is 5.52 Å². The van der Waals surface area contributed by atoms with E-state index in [1.165, 1.54) is 0 Å². The predicted octanol–water partition coefficient (Wildman–Crippen LogP) is 1.37. The Balaban J connectivity index is 2.79. The maximum Gasteiger partial charge on any atom is 0.240 e. The van der Waals surface area contributed by atoms with E-state index >= 15 is 0 Å². The minimum absolute atomic E-state index is 0.199. The first kappa shape index (κ1) is 7.42. The van der Waals surface area contributed by atoms with Crippen molar-refractivity contribution in [1.82, 2.24) is 15.2 Å². The van der Waals surface area contributed by atoms with E-state index < -0.39 is 0 Å². The highest BCUT2D eigenvalue weighted by Crippen LogP contribution is 2.15. The summed E-state index contributed by atoms with van der Waals surface area (Å²) in [6.07, 6.45) is 0. The lowest BCUT2D eigenvalue weighted by Crippen LogP contribution is -1.97. The molecule has 0 aliphatic rings. The van der Waals surface area contributed by atoms with Gasteiger partial charge in [-0.3, -0.25) is 0 Å². The van der Waals surface area contributed by atoms with E-state index in [1.54, 1.807) is 0 Å². The number of benzene rings is 1. The van der Waals surface area contributed by atoms with Gasteiger partial charge >= 0.3 is 0 Å². The van der Waals surface area contributed by atoms with E-state index in [-0.39, 0.29) is 5.95 Å². The van der Waals surface area contributed by atoms with Gasteiger partial charge in [0.25, 0.3) is 0 Å². The van der Waals surface area contributed by atoms with Gasteiger partial charge in [-0.15, -0.1) is 10.2 Å². The second-order valence-corrected chi connectivity index (χ2v) is 3.22. The van der Waals surface area contributed by atoms with Crippen molar-refractivity contribution in [2.24, 2.45) is 0 Å². The van der Waals surface area contributed by atoms with Crippen molar-refractivity contribution in [3.8, 4) is 0 Å². The van der Waals surface area contributed by atoms with Crippen LogP contribution in [0.15, 0.2) is 22.7 Å². The van der Waals surface area contributed by atoms with E-state index in [1.807, 2.05) is 18.2 Å². The van der Waals surface area contributed by atoms with Gasteiger partial charge in [-0.2, -0.15) is 0 Å². The smallest absolute Gasteiger partial charge is 0.240 e. The first-order valence-corrected chi connectivity index (χ1v) is 4.10. The molecule has 0 unspecified atom stereocenters. The lowest BCUT2D eigenvalue weighted by Gasteiger charge is -1.95. The molecule has 0 saturated heterocycles. The van der Waals surface area contributed by atoms with E-state index in [0.29, 0.717) is 0 Å². The van der Waals surface area contributed by atoms with Crippen LogP contribution in [0.25, 0.3) is 11.0 Å². The van der Waals surface area contributed by atoms with Crippen LogP contribution in [0.3, 0.4) is 0 Å². The summed E-state index contributed by atoms with van der Waals surface area (Å²) in [5, 5.41) is 7.52. The first-order chi connectivity index (χ1) is 5.75. The van der Waals surface area contributed by atoms with Gasteiger partial charge < -0.3 is 5.73 Å². The number of hydrogen-bond acceptors (Lipinski definition) is 4. The van der Waals surface area contributed by atoms with E-state index in [9.17, 15) is 0 Å². The van der Waals surface area contributed by atoms with E-state index in [4.69, 9.17) is 5.73 Å². The molecular formula is C7H5BrN4. The van der Waals surface area contributed by atoms with E-state index in [0.717, 1.165) is 15.5 Å². The Morgan fingerprint density at radius 2 is 2.00 bits per heavy atom. The summed E-state index contributed by atoms with van der Waals surface area (Å²) in [6.45, 7) is 0. The summed E-state index contributed by atoms with van der Waals surface area (Å²) in [7, 11) is 0. The fourth-order valence-corrected chi connectivity index (χ4v) is 1.27. The molecule has 0 saturated carbocycles. The third-order valence-corrected chi connectivity index (χ3v) is 1.93. The first-order valence-electron chi connectivity index (χ1n) is 3.31. The second-order valence-electron chi connectivity index (χ2n) is 2.30. The highest BCUT2D eigenvalue weighted by Gasteiger charge is 1.97. The maximum absolute atomic E-state index is 5.37. The monoisotopic (exact) mass is 224 g/mol. The molecule has 0 atom stereocenters. The molecule has 0 radical (unpaired) electrons. The number of aromatic nitrogens is 3. The van der Waals surface area contributed by atoms with Crippen LogP contribution in [-0.4, -0.2) is 15.2 Å². The van der Waals surface area contributed by atoms with Gasteiger partial charge in [0.2, 0.25) is 5.95 Å². The number of nitrogens with two attached hydrogens (primary N) is 1. The Morgan fingerprint density at radius 3 is 2.83 bits per heavy atom. The number of nitrogens with zero attached hydrogens (tertiary/aromatic N) is 3. The molecule has 0 amide bonds. The van der Waals surface area contributed by atoms with Gasteiger partial charge in [0.05, 0.1) is 5.52 Å². The van der Waals surface area contributed by atoms with Crippen molar-refractivity contribution in [1.29, 1.82) is 0 Å². The number of anilines is 1. The van der Waals surface area contributed by atoms with Crippen LogP contribution >= 0.6 is 15.9 Å². The van der Waals surface area contributed by atoms with Crippen molar-refractivity contribution in [2.75, 3.05) is 5.73 Å². The molecule has 60 valence electrons. The average Bonchev–Trinajstić information content (AvgIpc) is 2.05. The third-order valence-electron chi connectivity index (χ3n) is 1.43. The minimum atomic E-state index is 0.199. The topological polar surface area (TPSA) is 64.7 Å². The molecule has 1 heterocycles. The molecule has 0 aliphatic heterocycles. The zero-order chi connectivity index (χ0) is 8.55. The number of rotatable bonds is 0. The van der Waals surface area contributed by atoms with Gasteiger partial charge in [-0.1, -0.05) is 15.9 Å². The van der Waals surface area contributed by atoms with Crippen molar-refractivity contribution < 1.29 is 0 Å². The molecule has 5 heteroatoms. The minimum Gasteiger partial charge on any atom is -0.366 e. The average molecular weight is 225 g/mol. The standard InChI is InChI=1S/C7H5BrN4/c8-4-1-2-5-6(3-4)11-12-7(9)10-5/h1-3H,(H2,9,10,12). The van der Waals surface area contributed by atoms with Crippen LogP contribution in [0.2, 0.25) is 0 Å². The number of hydrogen-bond donors (Lipinski definition) is 1. The number of nitrogen functional groups attached to an aromatic ring is 1. The molecule has 4 nitrogen and oxygen atoms in total. The summed E-state index contributed by atoms with van der Waals surface area (Å²) < 4.78 is 0.955. The summed E-state index contributed by atoms with van der Waals surface area (Å²) in [4.78, 5) is 4.00. The van der Waals surface area contributed by atoms with Gasteiger partial charge in [0.15, 0.2) is 0 Å². The van der Waals surface area contributed by atoms with Crippen molar-refractivity contribution in [3.63, 3.8) is 0 Å². The zero-order valence-corrected chi connectivity index (χ0v) is 7.62. The number of fused-ring (bicyclic) bond motifs is 1. The second kappa shape index (κ2) is 2.67. The van der Waals surface area contributed by atoms with E-state index in [2.05, 4.69) is 31.1 Å². The van der Waals surface area contributed by atoms with Gasteiger partial charge in [-0.05, 0) is 18.2 Å². The molecular weight excluding hydrogens is 220 g/mol. The Bertz CT molecular complexity index is 387. The maximum atomic E-state index is 5.37. The van der Waals surface area contributed by atoms with Crippen LogP contribution in [0, 0.1) is 0 Å². The Kier molecular flexibility index (Phi) is 1.65. The third kappa shape index (κ3) is 1.23. The lowest BCUT2D eigenvalue weighted by atomic mass is 10.3. The lowest BCUT2D eigenvalue weighted by molar-refractivity contribution is 1.04. The number of halogens is 1. The molecule has 1 aromatic heterocycles. The summed E-state index contributed by atoms with van der Waals surface area (Å²) in [5.41, 5.74) is 6.86. The zero-order valence-electron chi connectivity index (χ0n) is 6.03. The largest absolute Gasteiger partial charge is 0.366 e. The molecule has 1 aromatic carbocycles. The van der Waals surface area contributed by atoms with Crippen LogP contribution in [-0.2, 0) is 0 Å². The highest BCUT2D eigenvalue weighted by atomic mass is 79.9. The highest BCUT2D eigenvalue weighted by molar-refractivity contribution is 9.10. The van der Waals surface area contributed by atoms with Crippen LogP contribution < -0.4 is 5.73 Å². The van der Waals surface area contributed by atoms with Crippen LogP contribution in [0.5, 0.6) is 0 Å². The van der Waals surface area contributed by atoms with Gasteiger partial charge in [0, 0.05) is 4.47 Å². The Labute approximate surface area is 76.9 Å².